The number of carbonyl (C=O) groups excluding carboxylic acids is 2. The number of nitrogens with two attached hydrogens (primary N) is 1. The van der Waals surface area contributed by atoms with Gasteiger partial charge >= 0.3 is 5.97 Å². The van der Waals surface area contributed by atoms with Crippen LogP contribution < -0.4 is 16.6 Å². The first-order valence-electron chi connectivity index (χ1n) is 12.3. The number of amides is 1. The molecule has 1 amide bonds. The van der Waals surface area contributed by atoms with Crippen molar-refractivity contribution in [2.75, 3.05) is 12.8 Å². The molecule has 0 fully saturated rings. The maximum atomic E-state index is 13.1. The zero-order valence-corrected chi connectivity index (χ0v) is 21.5. The molecule has 4 aromatic rings. The second-order valence-corrected chi connectivity index (χ2v) is 9.05. The van der Waals surface area contributed by atoms with Gasteiger partial charge in [-0.05, 0) is 41.3 Å². The van der Waals surface area contributed by atoms with Gasteiger partial charge < -0.3 is 25.8 Å². The molecule has 0 bridgehead atoms. The molecule has 2 aromatic heterocycles. The smallest absolute Gasteiger partial charge is 0.308 e. The number of nitrogens with one attached hydrogen (secondary N) is 2. The average Bonchev–Trinajstić information content (AvgIpc) is 2.95. The molecular weight excluding hydrogens is 494 g/mol. The largest absolute Gasteiger partial charge is 0.469 e. The van der Waals surface area contributed by atoms with Crippen molar-refractivity contribution in [2.24, 2.45) is 0 Å². The summed E-state index contributed by atoms with van der Waals surface area (Å²) in [5.41, 5.74) is 9.91. The van der Waals surface area contributed by atoms with Crippen LogP contribution in [0.3, 0.4) is 0 Å². The van der Waals surface area contributed by atoms with Gasteiger partial charge in [-0.3, -0.25) is 19.4 Å². The number of ether oxygens (including phenoxy) is 1. The highest BCUT2D eigenvalue weighted by atomic mass is 16.5. The number of carbonyl (C=O) groups is 2. The maximum Gasteiger partial charge on any atom is 0.308 e. The second kappa shape index (κ2) is 12.5. The lowest BCUT2D eigenvalue weighted by molar-refractivity contribution is -0.140. The molecule has 1 unspecified atom stereocenters. The summed E-state index contributed by atoms with van der Waals surface area (Å²) in [7, 11) is 1.25. The van der Waals surface area contributed by atoms with Gasteiger partial charge in [-0.15, -0.1) is 0 Å². The lowest BCUT2D eigenvalue weighted by Gasteiger charge is -2.20. The fourth-order valence-corrected chi connectivity index (χ4v) is 4.14. The number of nitrogens with zero attached hydrogens (tertiary/aromatic N) is 2. The number of hydrogen-bond donors (Lipinski definition) is 3. The van der Waals surface area contributed by atoms with Crippen molar-refractivity contribution in [3.8, 4) is 0 Å². The minimum atomic E-state index is -0.942. The molecule has 198 valence electrons. The number of methoxy groups -OCH3 is 1. The molecule has 0 aliphatic heterocycles. The van der Waals surface area contributed by atoms with Gasteiger partial charge in [0.05, 0.1) is 37.4 Å². The van der Waals surface area contributed by atoms with Crippen molar-refractivity contribution in [3.63, 3.8) is 0 Å². The van der Waals surface area contributed by atoms with E-state index in [9.17, 15) is 14.4 Å². The van der Waals surface area contributed by atoms with Gasteiger partial charge in [0.2, 0.25) is 0 Å². The SMILES string of the molecule is COC(=O)CC(NC(=O)c1cncc(Cc2ccc(Cn3ccccc3=O)cc2)c1)C(=N)c1ccccc1N. The Kier molecular flexibility index (Phi) is 8.63. The predicted molar refractivity (Wildman–Crippen MR) is 149 cm³/mol. The van der Waals surface area contributed by atoms with Gasteiger partial charge in [-0.2, -0.15) is 0 Å². The van der Waals surface area contributed by atoms with Crippen molar-refractivity contribution in [2.45, 2.75) is 25.4 Å². The first-order chi connectivity index (χ1) is 18.8. The molecule has 0 aliphatic carbocycles. The Bertz CT molecular complexity index is 1550. The Morgan fingerprint density at radius 3 is 2.44 bits per heavy atom. The molecule has 9 nitrogen and oxygen atoms in total. The van der Waals surface area contributed by atoms with Gasteiger partial charge in [0.15, 0.2) is 0 Å². The van der Waals surface area contributed by atoms with Crippen molar-refractivity contribution < 1.29 is 14.3 Å². The van der Waals surface area contributed by atoms with Crippen LogP contribution in [0.1, 0.15) is 39.0 Å². The van der Waals surface area contributed by atoms with E-state index in [-0.39, 0.29) is 17.7 Å². The molecular formula is C30H29N5O4. The quantitative estimate of drug-likeness (QED) is 0.166. The van der Waals surface area contributed by atoms with Crippen molar-refractivity contribution >= 4 is 23.3 Å². The van der Waals surface area contributed by atoms with Crippen LogP contribution in [0.5, 0.6) is 0 Å². The number of rotatable bonds is 10. The van der Waals surface area contributed by atoms with Crippen molar-refractivity contribution in [3.05, 3.63) is 130 Å². The number of anilines is 1. The number of aromatic nitrogens is 2. The number of esters is 1. The third-order valence-corrected chi connectivity index (χ3v) is 6.24. The van der Waals surface area contributed by atoms with Crippen molar-refractivity contribution in [1.82, 2.24) is 14.9 Å². The van der Waals surface area contributed by atoms with E-state index < -0.39 is 17.9 Å². The number of para-hydroxylation sites is 1. The topological polar surface area (TPSA) is 140 Å². The number of pyridine rings is 2. The maximum absolute atomic E-state index is 13.1. The van der Waals surface area contributed by atoms with E-state index in [0.717, 1.165) is 16.7 Å². The van der Waals surface area contributed by atoms with Gasteiger partial charge in [0.25, 0.3) is 11.5 Å². The first kappa shape index (κ1) is 27.0. The van der Waals surface area contributed by atoms with Crippen LogP contribution in [0.25, 0.3) is 0 Å². The number of benzene rings is 2. The Morgan fingerprint density at radius 2 is 1.72 bits per heavy atom. The summed E-state index contributed by atoms with van der Waals surface area (Å²) in [6.07, 6.45) is 5.21. The second-order valence-electron chi connectivity index (χ2n) is 9.05. The molecule has 0 saturated heterocycles. The summed E-state index contributed by atoms with van der Waals surface area (Å²) in [5.74, 6) is -1.03. The Balaban J connectivity index is 1.46. The van der Waals surface area contributed by atoms with E-state index in [1.54, 1.807) is 53.4 Å². The normalized spacial score (nSPS) is 11.4. The summed E-state index contributed by atoms with van der Waals surface area (Å²) in [4.78, 5) is 41.4. The molecule has 0 radical (unpaired) electrons. The third kappa shape index (κ3) is 7.04. The monoisotopic (exact) mass is 523 g/mol. The summed E-state index contributed by atoms with van der Waals surface area (Å²) in [6.45, 7) is 0.480. The lowest BCUT2D eigenvalue weighted by Crippen LogP contribution is -2.42. The highest BCUT2D eigenvalue weighted by molar-refractivity contribution is 6.09. The Labute approximate surface area is 225 Å². The predicted octanol–water partition coefficient (Wildman–Crippen LogP) is 3.19. The third-order valence-electron chi connectivity index (χ3n) is 6.24. The van der Waals surface area contributed by atoms with E-state index >= 15 is 0 Å². The molecule has 2 heterocycles. The summed E-state index contributed by atoms with van der Waals surface area (Å²) < 4.78 is 6.41. The molecule has 0 aliphatic rings. The number of hydrogen-bond acceptors (Lipinski definition) is 7. The van der Waals surface area contributed by atoms with E-state index in [4.69, 9.17) is 15.9 Å². The fourth-order valence-electron chi connectivity index (χ4n) is 4.14. The molecule has 0 saturated carbocycles. The van der Waals surface area contributed by atoms with Crippen LogP contribution in [0, 0.1) is 5.41 Å². The van der Waals surface area contributed by atoms with Crippen molar-refractivity contribution in [1.29, 1.82) is 5.41 Å². The molecule has 1 atom stereocenters. The Morgan fingerprint density at radius 1 is 1.00 bits per heavy atom. The zero-order chi connectivity index (χ0) is 27.8. The fraction of sp³-hybridized carbons (Fsp3) is 0.167. The summed E-state index contributed by atoms with van der Waals surface area (Å²) in [6, 6.07) is 20.6. The zero-order valence-electron chi connectivity index (χ0n) is 21.5. The standard InChI is InChI=1S/C30H29N5O4/c1-39-28(37)16-26(29(32)24-6-2-3-7-25(24)31)34-30(38)23-15-22(17-33-18-23)14-20-9-11-21(12-10-20)19-35-13-5-4-8-27(35)36/h2-13,15,17-18,26,32H,14,16,19,31H2,1H3,(H,34,38). The van der Waals surface area contributed by atoms with E-state index in [1.807, 2.05) is 30.3 Å². The van der Waals surface area contributed by atoms with E-state index in [2.05, 4.69) is 10.3 Å². The van der Waals surface area contributed by atoms with Crippen LogP contribution in [0.2, 0.25) is 0 Å². The molecule has 2 aromatic carbocycles. The first-order valence-corrected chi connectivity index (χ1v) is 12.3. The molecule has 4 rings (SSSR count). The van der Waals surface area contributed by atoms with Crippen LogP contribution >= 0.6 is 0 Å². The molecule has 9 heteroatoms. The van der Waals surface area contributed by atoms with Gasteiger partial charge in [0.1, 0.15) is 0 Å². The molecule has 39 heavy (non-hydrogen) atoms. The van der Waals surface area contributed by atoms with Gasteiger partial charge in [-0.1, -0.05) is 48.5 Å². The Hall–Kier alpha value is -5.05. The minimum Gasteiger partial charge on any atom is -0.469 e. The van der Waals surface area contributed by atoms with Gasteiger partial charge in [-0.25, -0.2) is 0 Å². The summed E-state index contributed by atoms with van der Waals surface area (Å²) in [5, 5.41) is 11.4. The highest BCUT2D eigenvalue weighted by Crippen LogP contribution is 2.16. The van der Waals surface area contributed by atoms with Crippen LogP contribution in [0.15, 0.2) is 96.2 Å². The minimum absolute atomic E-state index is 0.00817. The average molecular weight is 524 g/mol. The van der Waals surface area contributed by atoms with Crippen LogP contribution in [-0.2, 0) is 22.5 Å². The van der Waals surface area contributed by atoms with E-state index in [1.165, 1.54) is 19.4 Å². The summed E-state index contributed by atoms with van der Waals surface area (Å²) >= 11 is 0. The number of nitrogen functional groups attached to an aromatic ring is 1. The molecule has 0 spiro atoms. The van der Waals surface area contributed by atoms with Gasteiger partial charge in [0, 0.05) is 35.9 Å². The van der Waals surface area contributed by atoms with E-state index in [0.29, 0.717) is 29.8 Å². The van der Waals surface area contributed by atoms with Crippen LogP contribution in [-0.4, -0.2) is 40.3 Å². The highest BCUT2D eigenvalue weighted by Gasteiger charge is 2.24. The lowest BCUT2D eigenvalue weighted by atomic mass is 9.98. The molecule has 4 N–H and O–H groups in total. The van der Waals surface area contributed by atoms with Crippen LogP contribution in [0.4, 0.5) is 5.69 Å².